The van der Waals surface area contributed by atoms with E-state index in [1.165, 1.54) is 0 Å². The average molecular weight is 394 g/mol. The number of anilines is 2. The van der Waals surface area contributed by atoms with Gasteiger partial charge < -0.3 is 10.2 Å². The molecule has 110 valence electrons. The predicted molar refractivity (Wildman–Crippen MR) is 97.1 cm³/mol. The average Bonchev–Trinajstić information content (AvgIpc) is 2.52. The molecule has 0 bridgehead atoms. The Morgan fingerprint density at radius 2 is 1.76 bits per heavy atom. The van der Waals surface area contributed by atoms with Gasteiger partial charge in [-0.05, 0) is 66.8 Å². The molecule has 0 saturated heterocycles. The van der Waals surface area contributed by atoms with Crippen LogP contribution in [-0.4, -0.2) is 19.0 Å². The van der Waals surface area contributed by atoms with Gasteiger partial charge in [0.15, 0.2) is 0 Å². The minimum absolute atomic E-state index is 0.0785. The van der Waals surface area contributed by atoms with E-state index in [2.05, 4.69) is 52.7 Å². The maximum Gasteiger partial charge on any atom is 0.255 e. The van der Waals surface area contributed by atoms with Crippen molar-refractivity contribution in [3.05, 3.63) is 57.7 Å². The third-order valence-corrected chi connectivity index (χ3v) is 4.30. The van der Waals surface area contributed by atoms with Crippen molar-refractivity contribution in [3.8, 4) is 0 Å². The molecule has 21 heavy (non-hydrogen) atoms. The summed E-state index contributed by atoms with van der Waals surface area (Å²) < 4.78 is 1.03. The topological polar surface area (TPSA) is 32.3 Å². The van der Waals surface area contributed by atoms with Crippen molar-refractivity contribution in [1.29, 1.82) is 0 Å². The van der Waals surface area contributed by atoms with Gasteiger partial charge in [0.25, 0.3) is 5.91 Å². The minimum atomic E-state index is -0.0785. The summed E-state index contributed by atoms with van der Waals surface area (Å²) in [6.07, 6.45) is 0. The fraction of sp³-hybridized carbons (Fsp3) is 0.235. The van der Waals surface area contributed by atoms with E-state index in [-0.39, 0.29) is 5.91 Å². The number of benzene rings is 2. The number of nitrogens with zero attached hydrogens (tertiary/aromatic N) is 1. The Morgan fingerprint density at radius 1 is 1.10 bits per heavy atom. The number of amides is 1. The summed E-state index contributed by atoms with van der Waals surface area (Å²) in [6, 6.07) is 15.4. The van der Waals surface area contributed by atoms with Crippen LogP contribution < -0.4 is 10.2 Å². The summed E-state index contributed by atoms with van der Waals surface area (Å²) >= 11 is 2.24. The maximum absolute atomic E-state index is 12.3. The van der Waals surface area contributed by atoms with Crippen molar-refractivity contribution < 1.29 is 4.79 Å². The summed E-state index contributed by atoms with van der Waals surface area (Å²) in [7, 11) is 0. The number of hydrogen-bond acceptors (Lipinski definition) is 2. The van der Waals surface area contributed by atoms with Crippen molar-refractivity contribution in [2.45, 2.75) is 13.8 Å². The molecule has 1 amide bonds. The fourth-order valence-corrected chi connectivity index (χ4v) is 2.65. The van der Waals surface area contributed by atoms with Crippen LogP contribution in [0.1, 0.15) is 24.2 Å². The summed E-state index contributed by atoms with van der Waals surface area (Å²) in [6.45, 7) is 6.15. The van der Waals surface area contributed by atoms with Gasteiger partial charge in [0, 0.05) is 27.9 Å². The first-order chi connectivity index (χ1) is 10.2. The third kappa shape index (κ3) is 3.97. The molecule has 2 aromatic rings. The second-order valence-corrected chi connectivity index (χ2v) is 5.82. The van der Waals surface area contributed by atoms with Crippen molar-refractivity contribution >= 4 is 39.9 Å². The van der Waals surface area contributed by atoms with E-state index in [4.69, 9.17) is 0 Å². The summed E-state index contributed by atoms with van der Waals surface area (Å²) in [5, 5.41) is 3.00. The van der Waals surface area contributed by atoms with Gasteiger partial charge >= 0.3 is 0 Å². The van der Waals surface area contributed by atoms with Crippen LogP contribution in [0.4, 0.5) is 11.4 Å². The van der Waals surface area contributed by atoms with Crippen LogP contribution >= 0.6 is 22.6 Å². The molecular weight excluding hydrogens is 375 g/mol. The minimum Gasteiger partial charge on any atom is -0.372 e. The molecule has 0 unspecified atom stereocenters. The summed E-state index contributed by atoms with van der Waals surface area (Å²) in [4.78, 5) is 14.5. The Morgan fingerprint density at radius 3 is 2.38 bits per heavy atom. The van der Waals surface area contributed by atoms with E-state index in [0.29, 0.717) is 5.56 Å². The molecule has 0 spiro atoms. The van der Waals surface area contributed by atoms with E-state index in [1.807, 2.05) is 42.5 Å². The highest BCUT2D eigenvalue weighted by Gasteiger charge is 2.10. The number of nitrogens with one attached hydrogen (secondary N) is 1. The van der Waals surface area contributed by atoms with E-state index in [0.717, 1.165) is 28.0 Å². The van der Waals surface area contributed by atoms with Crippen molar-refractivity contribution in [2.75, 3.05) is 23.3 Å². The third-order valence-electron chi connectivity index (χ3n) is 3.36. The number of halogens is 1. The van der Waals surface area contributed by atoms with Crippen molar-refractivity contribution in [1.82, 2.24) is 0 Å². The highest BCUT2D eigenvalue weighted by atomic mass is 127. The largest absolute Gasteiger partial charge is 0.372 e. The molecule has 2 rings (SSSR count). The lowest BCUT2D eigenvalue weighted by Crippen LogP contribution is -2.22. The molecule has 0 aliphatic carbocycles. The monoisotopic (exact) mass is 394 g/mol. The Balaban J connectivity index is 2.23. The molecule has 0 saturated carbocycles. The highest BCUT2D eigenvalue weighted by molar-refractivity contribution is 14.1. The van der Waals surface area contributed by atoms with Crippen LogP contribution in [0.25, 0.3) is 0 Å². The predicted octanol–water partition coefficient (Wildman–Crippen LogP) is 4.39. The maximum atomic E-state index is 12.3. The van der Waals surface area contributed by atoms with Crippen LogP contribution in [0.3, 0.4) is 0 Å². The quantitative estimate of drug-likeness (QED) is 0.763. The number of carbonyl (C=O) groups is 1. The van der Waals surface area contributed by atoms with Gasteiger partial charge in [-0.2, -0.15) is 0 Å². The molecule has 3 nitrogen and oxygen atoms in total. The molecule has 1 N–H and O–H groups in total. The van der Waals surface area contributed by atoms with Gasteiger partial charge in [0.2, 0.25) is 0 Å². The molecule has 0 fully saturated rings. The van der Waals surface area contributed by atoms with Gasteiger partial charge in [-0.1, -0.05) is 18.2 Å². The van der Waals surface area contributed by atoms with Gasteiger partial charge in [-0.25, -0.2) is 0 Å². The lowest BCUT2D eigenvalue weighted by atomic mass is 10.2. The summed E-state index contributed by atoms with van der Waals surface area (Å²) in [5.74, 6) is -0.0785. The molecule has 0 atom stereocenters. The summed E-state index contributed by atoms with van der Waals surface area (Å²) in [5.41, 5.74) is 2.65. The zero-order valence-corrected chi connectivity index (χ0v) is 14.4. The van der Waals surface area contributed by atoms with Crippen LogP contribution in [0.15, 0.2) is 48.5 Å². The standard InChI is InChI=1S/C17H19IN2O/c1-3-20(4-2)14-10-11-15(18)16(12-14)19-17(21)13-8-6-5-7-9-13/h5-12H,3-4H2,1-2H3,(H,19,21). The Hall–Kier alpha value is -1.56. The second-order valence-electron chi connectivity index (χ2n) is 4.66. The number of carbonyl (C=O) groups excluding carboxylic acids is 1. The first kappa shape index (κ1) is 15.8. The van der Waals surface area contributed by atoms with Crippen LogP contribution in [0.2, 0.25) is 0 Å². The first-order valence-corrected chi connectivity index (χ1v) is 8.14. The SMILES string of the molecule is CCN(CC)c1ccc(I)c(NC(=O)c2ccccc2)c1. The normalized spacial score (nSPS) is 10.2. The van der Waals surface area contributed by atoms with Crippen LogP contribution in [-0.2, 0) is 0 Å². The fourth-order valence-electron chi connectivity index (χ4n) is 2.18. The van der Waals surface area contributed by atoms with Crippen LogP contribution in [0.5, 0.6) is 0 Å². The van der Waals surface area contributed by atoms with Gasteiger partial charge in [-0.15, -0.1) is 0 Å². The van der Waals surface area contributed by atoms with E-state index in [9.17, 15) is 4.79 Å². The molecule has 0 heterocycles. The second kappa shape index (κ2) is 7.45. The van der Waals surface area contributed by atoms with E-state index in [1.54, 1.807) is 0 Å². The van der Waals surface area contributed by atoms with Crippen molar-refractivity contribution in [2.24, 2.45) is 0 Å². The molecule has 0 aliphatic heterocycles. The van der Waals surface area contributed by atoms with E-state index < -0.39 is 0 Å². The number of hydrogen-bond donors (Lipinski definition) is 1. The molecular formula is C17H19IN2O. The Labute approximate surface area is 139 Å². The smallest absolute Gasteiger partial charge is 0.255 e. The highest BCUT2D eigenvalue weighted by Crippen LogP contribution is 2.25. The molecule has 4 heteroatoms. The molecule has 2 aromatic carbocycles. The van der Waals surface area contributed by atoms with E-state index >= 15 is 0 Å². The van der Waals surface area contributed by atoms with Gasteiger partial charge in [0.1, 0.15) is 0 Å². The van der Waals surface area contributed by atoms with Gasteiger partial charge in [-0.3, -0.25) is 4.79 Å². The zero-order chi connectivity index (χ0) is 15.2. The molecule has 0 radical (unpaired) electrons. The first-order valence-electron chi connectivity index (χ1n) is 7.06. The molecule has 0 aromatic heterocycles. The lowest BCUT2D eigenvalue weighted by Gasteiger charge is -2.22. The lowest BCUT2D eigenvalue weighted by molar-refractivity contribution is 0.102. The Kier molecular flexibility index (Phi) is 5.61. The zero-order valence-electron chi connectivity index (χ0n) is 12.3. The van der Waals surface area contributed by atoms with Crippen LogP contribution in [0, 0.1) is 3.57 Å². The van der Waals surface area contributed by atoms with Gasteiger partial charge in [0.05, 0.1) is 5.69 Å². The Bertz CT molecular complexity index is 609. The molecule has 0 aliphatic rings. The van der Waals surface area contributed by atoms with Crippen molar-refractivity contribution in [3.63, 3.8) is 0 Å². The number of rotatable bonds is 5.